The molecule has 3 rings (SSSR count). The summed E-state index contributed by atoms with van der Waals surface area (Å²) in [5.41, 5.74) is 1.10. The molecule has 0 aliphatic heterocycles. The minimum absolute atomic E-state index is 0.621. The summed E-state index contributed by atoms with van der Waals surface area (Å²) in [7, 11) is 0. The Morgan fingerprint density at radius 1 is 1.32 bits per heavy atom. The molecule has 0 aliphatic rings. The molecule has 0 fully saturated rings. The number of hydrogen-bond donors (Lipinski definition) is 1. The van der Waals surface area contributed by atoms with Crippen LogP contribution in [0.15, 0.2) is 51.1 Å². The number of hydrogen-bond acceptors (Lipinski definition) is 5. The van der Waals surface area contributed by atoms with Gasteiger partial charge in [-0.2, -0.15) is 0 Å². The van der Waals surface area contributed by atoms with Crippen LogP contribution in [0, 0.1) is 0 Å². The molecule has 19 heavy (non-hydrogen) atoms. The Morgan fingerprint density at radius 2 is 2.16 bits per heavy atom. The summed E-state index contributed by atoms with van der Waals surface area (Å²) >= 11 is 4.99. The van der Waals surface area contributed by atoms with Crippen molar-refractivity contribution >= 4 is 33.2 Å². The number of furan rings is 1. The van der Waals surface area contributed by atoms with Crippen molar-refractivity contribution < 1.29 is 4.42 Å². The Morgan fingerprint density at radius 3 is 2.89 bits per heavy atom. The molecule has 0 unspecified atom stereocenters. The van der Waals surface area contributed by atoms with Crippen LogP contribution in [0.4, 0.5) is 5.95 Å². The van der Waals surface area contributed by atoms with Gasteiger partial charge in [0, 0.05) is 28.2 Å². The van der Waals surface area contributed by atoms with Gasteiger partial charge in [0.1, 0.15) is 5.76 Å². The lowest BCUT2D eigenvalue weighted by Crippen LogP contribution is -2.01. The molecule has 0 spiro atoms. The normalized spacial score (nSPS) is 10.6. The molecule has 3 heterocycles. The Labute approximate surface area is 122 Å². The largest absolute Gasteiger partial charge is 0.464 e. The fourth-order valence-electron chi connectivity index (χ4n) is 1.62. The number of nitrogens with zero attached hydrogens (tertiary/aromatic N) is 2. The van der Waals surface area contributed by atoms with Crippen LogP contribution in [0.5, 0.6) is 0 Å². The number of anilines is 1. The average molecular weight is 336 g/mol. The summed E-state index contributed by atoms with van der Waals surface area (Å²) in [5.74, 6) is 1.51. The van der Waals surface area contributed by atoms with Crippen LogP contribution in [0.2, 0.25) is 0 Å². The Kier molecular flexibility index (Phi) is 3.61. The molecule has 4 nitrogen and oxygen atoms in total. The zero-order chi connectivity index (χ0) is 13.1. The smallest absolute Gasteiger partial charge is 0.222 e. The fourth-order valence-corrected chi connectivity index (χ4v) is 2.63. The summed E-state index contributed by atoms with van der Waals surface area (Å²) in [4.78, 5) is 9.54. The summed E-state index contributed by atoms with van der Waals surface area (Å²) in [6, 6.07) is 5.95. The first-order valence-electron chi connectivity index (χ1n) is 5.64. The maximum atomic E-state index is 5.37. The molecular weight excluding hydrogens is 326 g/mol. The van der Waals surface area contributed by atoms with Gasteiger partial charge in [0.2, 0.25) is 5.95 Å². The van der Waals surface area contributed by atoms with E-state index in [0.29, 0.717) is 12.5 Å². The molecule has 0 saturated heterocycles. The van der Waals surface area contributed by atoms with Gasteiger partial charge in [-0.25, -0.2) is 9.97 Å². The first-order chi connectivity index (χ1) is 9.31. The van der Waals surface area contributed by atoms with Gasteiger partial charge in [-0.15, -0.1) is 11.3 Å². The second-order valence-corrected chi connectivity index (χ2v) is 5.77. The van der Waals surface area contributed by atoms with Gasteiger partial charge in [0.25, 0.3) is 0 Å². The molecule has 0 radical (unpaired) electrons. The minimum Gasteiger partial charge on any atom is -0.464 e. The Bertz CT molecular complexity index is 649. The molecule has 96 valence electrons. The van der Waals surface area contributed by atoms with Crippen molar-refractivity contribution in [3.8, 4) is 11.3 Å². The summed E-state index contributed by atoms with van der Waals surface area (Å²) < 4.78 is 6.23. The summed E-state index contributed by atoms with van der Waals surface area (Å²) in [5, 5.41) is 5.27. The van der Waals surface area contributed by atoms with E-state index >= 15 is 0 Å². The highest BCUT2D eigenvalue weighted by molar-refractivity contribution is 9.10. The van der Waals surface area contributed by atoms with Crippen molar-refractivity contribution in [3.63, 3.8) is 0 Å². The molecule has 6 heteroatoms. The quantitative estimate of drug-likeness (QED) is 0.777. The lowest BCUT2D eigenvalue weighted by atomic mass is 10.2. The van der Waals surface area contributed by atoms with Gasteiger partial charge < -0.3 is 9.73 Å². The number of nitrogens with one attached hydrogen (secondary N) is 1. The lowest BCUT2D eigenvalue weighted by Gasteiger charge is -2.01. The van der Waals surface area contributed by atoms with Gasteiger partial charge in [-0.1, -0.05) is 0 Å². The predicted molar refractivity (Wildman–Crippen MR) is 79.1 cm³/mol. The number of aromatic nitrogens is 2. The van der Waals surface area contributed by atoms with Crippen LogP contribution in [-0.4, -0.2) is 9.97 Å². The van der Waals surface area contributed by atoms with Crippen LogP contribution in [0.3, 0.4) is 0 Å². The maximum absolute atomic E-state index is 5.37. The highest BCUT2D eigenvalue weighted by Gasteiger charge is 2.05. The highest BCUT2D eigenvalue weighted by atomic mass is 79.9. The fraction of sp³-hybridized carbons (Fsp3) is 0.0769. The third kappa shape index (κ3) is 3.02. The molecular formula is C13H10BrN3OS. The molecule has 0 amide bonds. The van der Waals surface area contributed by atoms with Crippen molar-refractivity contribution in [2.24, 2.45) is 0 Å². The number of rotatable bonds is 4. The standard InChI is InChI=1S/C13H10BrN3OS/c14-10-5-15-13(16-6-10)17-7-11-4-9(8-19-11)12-2-1-3-18-12/h1-6,8H,7H2,(H,15,16,17). The predicted octanol–water partition coefficient (Wildman–Crippen LogP) is 4.17. The van der Waals surface area contributed by atoms with Crippen LogP contribution in [0.25, 0.3) is 11.3 Å². The number of halogens is 1. The molecule has 0 saturated carbocycles. The maximum Gasteiger partial charge on any atom is 0.222 e. The first-order valence-corrected chi connectivity index (χ1v) is 7.31. The van der Waals surface area contributed by atoms with Crippen molar-refractivity contribution in [2.75, 3.05) is 5.32 Å². The van der Waals surface area contributed by atoms with E-state index in [0.717, 1.165) is 15.8 Å². The second kappa shape index (κ2) is 5.54. The van der Waals surface area contributed by atoms with Gasteiger partial charge in [-0.3, -0.25) is 0 Å². The number of thiophene rings is 1. The molecule has 3 aromatic rings. The molecule has 0 aromatic carbocycles. The van der Waals surface area contributed by atoms with E-state index in [-0.39, 0.29) is 0 Å². The zero-order valence-corrected chi connectivity index (χ0v) is 12.2. The van der Waals surface area contributed by atoms with Gasteiger partial charge in [0.15, 0.2) is 0 Å². The van der Waals surface area contributed by atoms with Crippen molar-refractivity contribution in [1.29, 1.82) is 0 Å². The third-order valence-electron chi connectivity index (χ3n) is 2.50. The minimum atomic E-state index is 0.621. The second-order valence-electron chi connectivity index (χ2n) is 3.86. The van der Waals surface area contributed by atoms with Crippen molar-refractivity contribution in [2.45, 2.75) is 6.54 Å². The van der Waals surface area contributed by atoms with E-state index in [9.17, 15) is 0 Å². The molecule has 0 atom stereocenters. The highest BCUT2D eigenvalue weighted by Crippen LogP contribution is 2.26. The van der Waals surface area contributed by atoms with E-state index in [1.165, 1.54) is 4.88 Å². The van der Waals surface area contributed by atoms with Crippen molar-refractivity contribution in [1.82, 2.24) is 9.97 Å². The SMILES string of the molecule is Brc1cnc(NCc2cc(-c3ccco3)cs2)nc1. The van der Waals surface area contributed by atoms with Crippen LogP contribution in [0.1, 0.15) is 4.88 Å². The summed E-state index contributed by atoms with van der Waals surface area (Å²) in [6.45, 7) is 0.701. The van der Waals surface area contributed by atoms with Gasteiger partial charge in [0.05, 0.1) is 17.3 Å². The van der Waals surface area contributed by atoms with Gasteiger partial charge >= 0.3 is 0 Å². The lowest BCUT2D eigenvalue weighted by molar-refractivity contribution is 0.582. The molecule has 3 aromatic heterocycles. The first kappa shape index (κ1) is 12.4. The van der Waals surface area contributed by atoms with E-state index in [1.54, 1.807) is 30.0 Å². The summed E-state index contributed by atoms with van der Waals surface area (Å²) in [6.07, 6.45) is 5.12. The van der Waals surface area contributed by atoms with E-state index in [1.807, 2.05) is 12.1 Å². The zero-order valence-electron chi connectivity index (χ0n) is 9.84. The van der Waals surface area contributed by atoms with E-state index in [4.69, 9.17) is 4.42 Å². The topological polar surface area (TPSA) is 51.0 Å². The van der Waals surface area contributed by atoms with Crippen LogP contribution >= 0.6 is 27.3 Å². The van der Waals surface area contributed by atoms with Crippen LogP contribution in [-0.2, 0) is 6.54 Å². The Balaban J connectivity index is 1.66. The molecule has 1 N–H and O–H groups in total. The van der Waals surface area contributed by atoms with Crippen LogP contribution < -0.4 is 5.32 Å². The van der Waals surface area contributed by atoms with E-state index < -0.39 is 0 Å². The Hall–Kier alpha value is -1.66. The third-order valence-corrected chi connectivity index (χ3v) is 3.85. The molecule has 0 aliphatic carbocycles. The van der Waals surface area contributed by atoms with Crippen molar-refractivity contribution in [3.05, 3.63) is 51.6 Å². The monoisotopic (exact) mass is 335 g/mol. The average Bonchev–Trinajstić information content (AvgIpc) is 3.09. The van der Waals surface area contributed by atoms with Gasteiger partial charge in [-0.05, 0) is 34.1 Å². The molecule has 0 bridgehead atoms. The van der Waals surface area contributed by atoms with E-state index in [2.05, 4.69) is 42.7 Å².